The summed E-state index contributed by atoms with van der Waals surface area (Å²) < 4.78 is 12.9. The Morgan fingerprint density at radius 3 is 2.71 bits per heavy atom. The first kappa shape index (κ1) is 10.9. The predicted octanol–water partition coefficient (Wildman–Crippen LogP) is 1.93. The van der Waals surface area contributed by atoms with Gasteiger partial charge in [0.15, 0.2) is 5.78 Å². The molecule has 0 heterocycles. The number of halogens is 1. The quantitative estimate of drug-likeness (QED) is 0.744. The molecule has 0 aliphatic rings. The molecular formula is C11H14FNO. The lowest BCUT2D eigenvalue weighted by Crippen LogP contribution is -2.13. The highest BCUT2D eigenvalue weighted by Gasteiger charge is 2.06. The molecule has 0 atom stereocenters. The average molecular weight is 195 g/mol. The van der Waals surface area contributed by atoms with Crippen LogP contribution in [0.2, 0.25) is 0 Å². The molecule has 0 aromatic heterocycles. The summed E-state index contributed by atoms with van der Waals surface area (Å²) in [4.78, 5) is 11.5. The van der Waals surface area contributed by atoms with Crippen molar-refractivity contribution in [2.75, 3.05) is 13.6 Å². The number of carbonyl (C=O) groups is 1. The van der Waals surface area contributed by atoms with E-state index in [9.17, 15) is 9.18 Å². The molecule has 1 rings (SSSR count). The maximum atomic E-state index is 12.9. The second-order valence-corrected chi connectivity index (χ2v) is 3.29. The van der Waals surface area contributed by atoms with Gasteiger partial charge in [0, 0.05) is 18.5 Å². The first-order valence-electron chi connectivity index (χ1n) is 4.58. The number of Topliss-reactive ketones (excluding diaryl/α,β-unsaturated/α-hetero) is 1. The van der Waals surface area contributed by atoms with E-state index in [1.165, 1.54) is 12.1 Å². The first-order valence-corrected chi connectivity index (χ1v) is 4.58. The molecule has 0 aliphatic heterocycles. The van der Waals surface area contributed by atoms with Crippen LogP contribution >= 0.6 is 0 Å². The number of benzene rings is 1. The number of nitrogens with one attached hydrogen (secondary N) is 1. The molecule has 0 aliphatic carbocycles. The van der Waals surface area contributed by atoms with Crippen LogP contribution in [-0.4, -0.2) is 19.4 Å². The maximum Gasteiger partial charge on any atom is 0.164 e. The van der Waals surface area contributed by atoms with Gasteiger partial charge in [-0.25, -0.2) is 4.39 Å². The van der Waals surface area contributed by atoms with E-state index in [2.05, 4.69) is 5.32 Å². The highest BCUT2D eigenvalue weighted by molar-refractivity contribution is 5.96. The van der Waals surface area contributed by atoms with Crippen LogP contribution in [0.3, 0.4) is 0 Å². The average Bonchev–Trinajstić information content (AvgIpc) is 2.12. The molecule has 1 aromatic rings. The topological polar surface area (TPSA) is 29.1 Å². The lowest BCUT2D eigenvalue weighted by molar-refractivity contribution is 0.0982. The molecule has 0 amide bonds. The van der Waals surface area contributed by atoms with Gasteiger partial charge in [-0.2, -0.15) is 0 Å². The Kier molecular flexibility index (Phi) is 3.77. The first-order chi connectivity index (χ1) is 6.63. The van der Waals surface area contributed by atoms with Crippen LogP contribution in [0.4, 0.5) is 4.39 Å². The van der Waals surface area contributed by atoms with Crippen molar-refractivity contribution in [3.63, 3.8) is 0 Å². The Bertz CT molecular complexity index is 316. The monoisotopic (exact) mass is 195 g/mol. The molecule has 0 spiro atoms. The maximum absolute atomic E-state index is 12.9. The van der Waals surface area contributed by atoms with Crippen LogP contribution in [0, 0.1) is 12.7 Å². The second-order valence-electron chi connectivity index (χ2n) is 3.29. The zero-order valence-electron chi connectivity index (χ0n) is 8.43. The van der Waals surface area contributed by atoms with E-state index in [1.54, 1.807) is 20.0 Å². The van der Waals surface area contributed by atoms with Crippen molar-refractivity contribution >= 4 is 5.78 Å². The molecule has 0 saturated carbocycles. The van der Waals surface area contributed by atoms with Crippen LogP contribution in [0.15, 0.2) is 18.2 Å². The number of aryl methyl sites for hydroxylation is 1. The highest BCUT2D eigenvalue weighted by Crippen LogP contribution is 2.10. The van der Waals surface area contributed by atoms with Crippen molar-refractivity contribution in [3.05, 3.63) is 35.1 Å². The summed E-state index contributed by atoms with van der Waals surface area (Å²) in [6.45, 7) is 2.40. The molecule has 3 heteroatoms. The van der Waals surface area contributed by atoms with Crippen molar-refractivity contribution in [2.45, 2.75) is 13.3 Å². The zero-order valence-corrected chi connectivity index (χ0v) is 8.43. The third-order valence-corrected chi connectivity index (χ3v) is 1.97. The van der Waals surface area contributed by atoms with E-state index in [1.807, 2.05) is 0 Å². The Morgan fingerprint density at radius 2 is 2.14 bits per heavy atom. The summed E-state index contributed by atoms with van der Waals surface area (Å²) in [5.74, 6) is -0.375. The van der Waals surface area contributed by atoms with Gasteiger partial charge in [-0.1, -0.05) is 0 Å². The van der Waals surface area contributed by atoms with Crippen molar-refractivity contribution < 1.29 is 9.18 Å². The van der Waals surface area contributed by atoms with Crippen molar-refractivity contribution in [2.24, 2.45) is 0 Å². The normalized spacial score (nSPS) is 10.2. The minimum atomic E-state index is -0.349. The van der Waals surface area contributed by atoms with Crippen molar-refractivity contribution in [3.8, 4) is 0 Å². The third kappa shape index (κ3) is 2.92. The van der Waals surface area contributed by atoms with E-state index < -0.39 is 0 Å². The number of ketones is 1. The summed E-state index contributed by atoms with van der Waals surface area (Å²) in [5.41, 5.74) is 1.23. The predicted molar refractivity (Wildman–Crippen MR) is 54.0 cm³/mol. The second kappa shape index (κ2) is 4.86. The number of hydrogen-bond acceptors (Lipinski definition) is 2. The zero-order chi connectivity index (χ0) is 10.6. The molecule has 0 radical (unpaired) electrons. The fraction of sp³-hybridized carbons (Fsp3) is 0.364. The van der Waals surface area contributed by atoms with Gasteiger partial charge >= 0.3 is 0 Å². The molecule has 76 valence electrons. The number of carbonyl (C=O) groups excluding carboxylic acids is 1. The molecular weight excluding hydrogens is 181 g/mol. The van der Waals surface area contributed by atoms with Crippen LogP contribution in [0.5, 0.6) is 0 Å². The van der Waals surface area contributed by atoms with Gasteiger partial charge in [0.1, 0.15) is 5.82 Å². The van der Waals surface area contributed by atoms with Gasteiger partial charge in [-0.3, -0.25) is 4.79 Å². The third-order valence-electron chi connectivity index (χ3n) is 1.97. The summed E-state index contributed by atoms with van der Waals surface area (Å²) in [5, 5.41) is 2.88. The molecule has 1 N–H and O–H groups in total. The molecule has 0 bridgehead atoms. The molecule has 0 fully saturated rings. The number of hydrogen-bond donors (Lipinski definition) is 1. The fourth-order valence-electron chi connectivity index (χ4n) is 1.28. The highest BCUT2D eigenvalue weighted by atomic mass is 19.1. The van der Waals surface area contributed by atoms with Crippen molar-refractivity contribution in [1.82, 2.24) is 5.32 Å². The Labute approximate surface area is 83.1 Å². The lowest BCUT2D eigenvalue weighted by Gasteiger charge is -2.02. The van der Waals surface area contributed by atoms with E-state index in [0.717, 1.165) is 5.56 Å². The smallest absolute Gasteiger partial charge is 0.164 e. The summed E-state index contributed by atoms with van der Waals surface area (Å²) in [6.07, 6.45) is 0.402. The Balaban J connectivity index is 2.79. The molecule has 0 saturated heterocycles. The number of rotatable bonds is 4. The van der Waals surface area contributed by atoms with Crippen molar-refractivity contribution in [1.29, 1.82) is 0 Å². The molecule has 1 aromatic carbocycles. The SMILES string of the molecule is CNCCC(=O)c1cc(C)cc(F)c1. The summed E-state index contributed by atoms with van der Waals surface area (Å²) in [6, 6.07) is 4.40. The minimum Gasteiger partial charge on any atom is -0.319 e. The Morgan fingerprint density at radius 1 is 1.43 bits per heavy atom. The molecule has 14 heavy (non-hydrogen) atoms. The standard InChI is InChI=1S/C11H14FNO/c1-8-5-9(7-10(12)6-8)11(14)3-4-13-2/h5-7,13H,3-4H2,1-2H3. The van der Waals surface area contributed by atoms with Crippen LogP contribution in [-0.2, 0) is 0 Å². The van der Waals surface area contributed by atoms with Crippen LogP contribution in [0.1, 0.15) is 22.3 Å². The van der Waals surface area contributed by atoms with Gasteiger partial charge in [-0.15, -0.1) is 0 Å². The van der Waals surface area contributed by atoms with E-state index in [0.29, 0.717) is 18.5 Å². The van der Waals surface area contributed by atoms with E-state index in [4.69, 9.17) is 0 Å². The Hall–Kier alpha value is -1.22. The van der Waals surface area contributed by atoms with E-state index in [-0.39, 0.29) is 11.6 Å². The fourth-order valence-corrected chi connectivity index (χ4v) is 1.28. The van der Waals surface area contributed by atoms with Gasteiger partial charge < -0.3 is 5.32 Å². The lowest BCUT2D eigenvalue weighted by atomic mass is 10.1. The summed E-state index contributed by atoms with van der Waals surface area (Å²) >= 11 is 0. The minimum absolute atomic E-state index is 0.0260. The van der Waals surface area contributed by atoms with Gasteiger partial charge in [0.2, 0.25) is 0 Å². The van der Waals surface area contributed by atoms with E-state index >= 15 is 0 Å². The largest absolute Gasteiger partial charge is 0.319 e. The van der Waals surface area contributed by atoms with Gasteiger partial charge in [0.05, 0.1) is 0 Å². The molecule has 2 nitrogen and oxygen atoms in total. The summed E-state index contributed by atoms with van der Waals surface area (Å²) in [7, 11) is 1.78. The van der Waals surface area contributed by atoms with Gasteiger partial charge in [0.25, 0.3) is 0 Å². The van der Waals surface area contributed by atoms with Gasteiger partial charge in [-0.05, 0) is 37.7 Å². The molecule has 0 unspecified atom stereocenters. The van der Waals surface area contributed by atoms with Crippen LogP contribution < -0.4 is 5.32 Å². The van der Waals surface area contributed by atoms with Crippen LogP contribution in [0.25, 0.3) is 0 Å².